The van der Waals surface area contributed by atoms with Gasteiger partial charge in [0.25, 0.3) is 0 Å². The van der Waals surface area contributed by atoms with Crippen molar-refractivity contribution in [2.24, 2.45) is 5.92 Å². The summed E-state index contributed by atoms with van der Waals surface area (Å²) in [6.07, 6.45) is 1.96. The molecule has 1 aliphatic heterocycles. The number of piperidine rings is 1. The minimum Gasteiger partial charge on any atom is -0.481 e. The molecule has 94 valence electrons. The fourth-order valence-electron chi connectivity index (χ4n) is 1.92. The molecule has 0 saturated carbocycles. The fourth-order valence-corrected chi connectivity index (χ4v) is 1.92. The van der Waals surface area contributed by atoms with E-state index in [1.54, 1.807) is 11.0 Å². The quantitative estimate of drug-likeness (QED) is 0.834. The molecule has 0 bridgehead atoms. The number of nitrogens with zero attached hydrogens (tertiary/aromatic N) is 4. The van der Waals surface area contributed by atoms with E-state index in [4.69, 9.17) is 10.4 Å². The van der Waals surface area contributed by atoms with E-state index >= 15 is 0 Å². The summed E-state index contributed by atoms with van der Waals surface area (Å²) in [5, 5.41) is 17.6. The molecular formula is C11H11FN4O2. The Morgan fingerprint density at radius 2 is 2.22 bits per heavy atom. The lowest BCUT2D eigenvalue weighted by atomic mass is 9.97. The number of carbonyl (C=O) groups is 1. The lowest BCUT2D eigenvalue weighted by molar-refractivity contribution is -0.142. The molecule has 2 heterocycles. The van der Waals surface area contributed by atoms with Crippen LogP contribution in [0.1, 0.15) is 18.5 Å². The summed E-state index contributed by atoms with van der Waals surface area (Å²) >= 11 is 0. The second-order valence-electron chi connectivity index (χ2n) is 4.08. The number of nitriles is 1. The van der Waals surface area contributed by atoms with E-state index < -0.39 is 11.8 Å². The maximum Gasteiger partial charge on any atom is 0.306 e. The molecule has 1 fully saturated rings. The summed E-state index contributed by atoms with van der Waals surface area (Å²) in [5.41, 5.74) is -0.291. The van der Waals surface area contributed by atoms with Crippen LogP contribution in [0.15, 0.2) is 6.20 Å². The average molecular weight is 250 g/mol. The molecule has 0 radical (unpaired) electrons. The third-order valence-corrected chi connectivity index (χ3v) is 2.96. The normalized spacial score (nSPS) is 16.3. The summed E-state index contributed by atoms with van der Waals surface area (Å²) in [4.78, 5) is 20.2. The molecule has 1 aromatic rings. The molecule has 1 N–H and O–H groups in total. The summed E-state index contributed by atoms with van der Waals surface area (Å²) in [5.74, 6) is -1.62. The summed E-state index contributed by atoms with van der Waals surface area (Å²) < 4.78 is 13.1. The molecule has 0 spiro atoms. The van der Waals surface area contributed by atoms with E-state index in [2.05, 4.69) is 9.97 Å². The number of rotatable bonds is 2. The highest BCUT2D eigenvalue weighted by molar-refractivity contribution is 5.70. The predicted molar refractivity (Wildman–Crippen MR) is 59.3 cm³/mol. The van der Waals surface area contributed by atoms with E-state index in [1.807, 2.05) is 0 Å². The van der Waals surface area contributed by atoms with E-state index in [0.29, 0.717) is 25.9 Å². The van der Waals surface area contributed by atoms with Crippen molar-refractivity contribution in [3.05, 3.63) is 17.7 Å². The Kier molecular flexibility index (Phi) is 3.37. The minimum absolute atomic E-state index is 0.275. The Bertz CT molecular complexity index is 506. The number of halogens is 1. The topological polar surface area (TPSA) is 90.1 Å². The van der Waals surface area contributed by atoms with Gasteiger partial charge in [-0.2, -0.15) is 10.2 Å². The van der Waals surface area contributed by atoms with Crippen LogP contribution in [0, 0.1) is 23.1 Å². The molecule has 1 aromatic heterocycles. The van der Waals surface area contributed by atoms with Crippen molar-refractivity contribution in [1.82, 2.24) is 9.97 Å². The van der Waals surface area contributed by atoms with Gasteiger partial charge in [-0.15, -0.1) is 0 Å². The minimum atomic E-state index is -0.799. The molecule has 0 amide bonds. The van der Waals surface area contributed by atoms with Crippen LogP contribution in [-0.4, -0.2) is 34.1 Å². The number of hydrogen-bond donors (Lipinski definition) is 1. The number of anilines is 1. The fraction of sp³-hybridized carbons (Fsp3) is 0.455. The summed E-state index contributed by atoms with van der Waals surface area (Å²) in [6, 6.07) is 1.65. The van der Waals surface area contributed by atoms with Gasteiger partial charge in [0.05, 0.1) is 12.1 Å². The SMILES string of the molecule is N#Cc1nc(N2CCC(C(=O)O)CC2)ncc1F. The zero-order valence-corrected chi connectivity index (χ0v) is 9.51. The number of carboxylic acid groups (broad SMARTS) is 1. The van der Waals surface area contributed by atoms with Gasteiger partial charge in [-0.25, -0.2) is 9.37 Å². The van der Waals surface area contributed by atoms with Crippen molar-refractivity contribution in [1.29, 1.82) is 5.26 Å². The maximum absolute atomic E-state index is 13.1. The van der Waals surface area contributed by atoms with E-state index in [1.165, 1.54) is 0 Å². The van der Waals surface area contributed by atoms with Gasteiger partial charge < -0.3 is 10.0 Å². The molecule has 0 aromatic carbocycles. The third-order valence-electron chi connectivity index (χ3n) is 2.96. The molecule has 6 nitrogen and oxygen atoms in total. The molecule has 1 saturated heterocycles. The van der Waals surface area contributed by atoms with Gasteiger partial charge in [0.2, 0.25) is 5.95 Å². The monoisotopic (exact) mass is 250 g/mol. The maximum atomic E-state index is 13.1. The van der Waals surface area contributed by atoms with Crippen molar-refractivity contribution < 1.29 is 14.3 Å². The average Bonchev–Trinajstić information content (AvgIpc) is 2.39. The molecule has 18 heavy (non-hydrogen) atoms. The van der Waals surface area contributed by atoms with Crippen LogP contribution in [0.25, 0.3) is 0 Å². The Morgan fingerprint density at radius 3 is 2.78 bits per heavy atom. The number of aromatic nitrogens is 2. The first kappa shape index (κ1) is 12.2. The van der Waals surface area contributed by atoms with Crippen molar-refractivity contribution >= 4 is 11.9 Å². The first-order valence-corrected chi connectivity index (χ1v) is 5.52. The standard InChI is InChI=1S/C11H11FN4O2/c12-8-6-14-11(15-9(8)5-13)16-3-1-7(2-4-16)10(17)18/h6-7H,1-4H2,(H,17,18). The second-order valence-corrected chi connectivity index (χ2v) is 4.08. The second kappa shape index (κ2) is 4.96. The zero-order valence-electron chi connectivity index (χ0n) is 9.51. The predicted octanol–water partition coefficient (Wildman–Crippen LogP) is 0.788. The Balaban J connectivity index is 2.10. The van der Waals surface area contributed by atoms with Crippen molar-refractivity contribution in [2.75, 3.05) is 18.0 Å². The van der Waals surface area contributed by atoms with Crippen molar-refractivity contribution in [2.45, 2.75) is 12.8 Å². The summed E-state index contributed by atoms with van der Waals surface area (Å²) in [7, 11) is 0. The third kappa shape index (κ3) is 2.37. The van der Waals surface area contributed by atoms with E-state index in [0.717, 1.165) is 6.20 Å². The molecular weight excluding hydrogens is 239 g/mol. The highest BCUT2D eigenvalue weighted by Gasteiger charge is 2.26. The largest absolute Gasteiger partial charge is 0.481 e. The molecule has 1 aliphatic rings. The van der Waals surface area contributed by atoms with Gasteiger partial charge in [-0.3, -0.25) is 4.79 Å². The van der Waals surface area contributed by atoms with Gasteiger partial charge in [0, 0.05) is 13.1 Å². The van der Waals surface area contributed by atoms with Crippen molar-refractivity contribution in [3.63, 3.8) is 0 Å². The van der Waals surface area contributed by atoms with Gasteiger partial charge in [0.15, 0.2) is 11.5 Å². The highest BCUT2D eigenvalue weighted by Crippen LogP contribution is 2.21. The Morgan fingerprint density at radius 1 is 1.56 bits per heavy atom. The zero-order chi connectivity index (χ0) is 13.1. The van der Waals surface area contributed by atoms with E-state index in [9.17, 15) is 9.18 Å². The highest BCUT2D eigenvalue weighted by atomic mass is 19.1. The first-order chi connectivity index (χ1) is 8.61. The van der Waals surface area contributed by atoms with Gasteiger partial charge in [-0.1, -0.05) is 0 Å². The van der Waals surface area contributed by atoms with Crippen LogP contribution in [0.4, 0.5) is 10.3 Å². The van der Waals surface area contributed by atoms with Gasteiger partial charge in [-0.05, 0) is 12.8 Å². The molecule has 2 rings (SSSR count). The van der Waals surface area contributed by atoms with Crippen LogP contribution < -0.4 is 4.90 Å². The lowest BCUT2D eigenvalue weighted by Crippen LogP contribution is -2.37. The Labute approximate surface area is 103 Å². The van der Waals surface area contributed by atoms with Gasteiger partial charge in [0.1, 0.15) is 6.07 Å². The molecule has 0 aliphatic carbocycles. The van der Waals surface area contributed by atoms with Gasteiger partial charge >= 0.3 is 5.97 Å². The smallest absolute Gasteiger partial charge is 0.306 e. The van der Waals surface area contributed by atoms with Crippen LogP contribution in [-0.2, 0) is 4.79 Å². The lowest BCUT2D eigenvalue weighted by Gasteiger charge is -2.29. The molecule has 0 atom stereocenters. The number of aliphatic carboxylic acids is 1. The molecule has 7 heteroatoms. The van der Waals surface area contributed by atoms with Crippen LogP contribution in [0.2, 0.25) is 0 Å². The number of carboxylic acids is 1. The number of hydrogen-bond acceptors (Lipinski definition) is 5. The van der Waals surface area contributed by atoms with Crippen molar-refractivity contribution in [3.8, 4) is 6.07 Å². The first-order valence-electron chi connectivity index (χ1n) is 5.52. The molecule has 0 unspecified atom stereocenters. The van der Waals surface area contributed by atoms with Crippen LogP contribution >= 0.6 is 0 Å². The van der Waals surface area contributed by atoms with Crippen LogP contribution in [0.5, 0.6) is 0 Å². The summed E-state index contributed by atoms with van der Waals surface area (Å²) in [6.45, 7) is 0.987. The Hall–Kier alpha value is -2.23. The van der Waals surface area contributed by atoms with E-state index in [-0.39, 0.29) is 17.6 Å². The van der Waals surface area contributed by atoms with Crippen LogP contribution in [0.3, 0.4) is 0 Å².